The van der Waals surface area contributed by atoms with Crippen LogP contribution in [0.3, 0.4) is 0 Å². The molecule has 21 heavy (non-hydrogen) atoms. The van der Waals surface area contributed by atoms with Crippen molar-refractivity contribution >= 4 is 33.8 Å². The number of hydrogen-bond donors (Lipinski definition) is 1. The largest absolute Gasteiger partial charge is 0.395 e. The summed E-state index contributed by atoms with van der Waals surface area (Å²) in [5.41, 5.74) is 2.95. The maximum atomic E-state index is 9.12. The fraction of sp³-hybridized carbons (Fsp3) is 0.529. The zero-order chi connectivity index (χ0) is 14.8. The van der Waals surface area contributed by atoms with E-state index in [0.717, 1.165) is 19.6 Å². The van der Waals surface area contributed by atoms with Crippen LogP contribution in [0.2, 0.25) is 0 Å². The molecule has 0 amide bonds. The molecular weight excluding hydrogens is 302 g/mol. The monoisotopic (exact) mass is 327 g/mol. The fourth-order valence-corrected chi connectivity index (χ4v) is 3.34. The van der Waals surface area contributed by atoms with Gasteiger partial charge in [0.1, 0.15) is 0 Å². The average Bonchev–Trinajstić information content (AvgIpc) is 2.79. The van der Waals surface area contributed by atoms with Gasteiger partial charge < -0.3 is 5.11 Å². The van der Waals surface area contributed by atoms with Crippen molar-refractivity contribution < 1.29 is 5.11 Å². The Morgan fingerprint density at radius 1 is 1.24 bits per heavy atom. The Morgan fingerprint density at radius 2 is 1.95 bits per heavy atom. The van der Waals surface area contributed by atoms with E-state index in [0.29, 0.717) is 0 Å². The van der Waals surface area contributed by atoms with Crippen LogP contribution in [0.4, 0.5) is 0 Å². The Balaban J connectivity index is 0.00000220. The highest BCUT2D eigenvalue weighted by Gasteiger charge is 2.16. The molecule has 0 atom stereocenters. The van der Waals surface area contributed by atoms with Crippen molar-refractivity contribution in [1.29, 1.82) is 0 Å². The second-order valence-corrected chi connectivity index (χ2v) is 7.23. The molecule has 1 aromatic heterocycles. The summed E-state index contributed by atoms with van der Waals surface area (Å²) in [6.45, 7) is 11.8. The van der Waals surface area contributed by atoms with Gasteiger partial charge in [0.15, 0.2) is 0 Å². The molecule has 0 saturated carbocycles. The molecule has 4 heteroatoms. The molecule has 0 aliphatic heterocycles. The zero-order valence-electron chi connectivity index (χ0n) is 13.3. The normalized spacial score (nSPS) is 11.9. The number of nitrogens with zero attached hydrogens (tertiary/aromatic N) is 1. The topological polar surface area (TPSA) is 23.5 Å². The van der Waals surface area contributed by atoms with E-state index < -0.39 is 0 Å². The van der Waals surface area contributed by atoms with Crippen molar-refractivity contribution in [1.82, 2.24) is 4.90 Å². The zero-order valence-corrected chi connectivity index (χ0v) is 15.0. The summed E-state index contributed by atoms with van der Waals surface area (Å²) in [5, 5.41) is 12.8. The van der Waals surface area contributed by atoms with E-state index in [9.17, 15) is 0 Å². The van der Waals surface area contributed by atoms with Gasteiger partial charge in [-0.1, -0.05) is 33.8 Å². The number of rotatable bonds is 5. The molecule has 1 aromatic carbocycles. The van der Waals surface area contributed by atoms with Crippen LogP contribution in [-0.4, -0.2) is 29.7 Å². The van der Waals surface area contributed by atoms with E-state index in [1.54, 1.807) is 0 Å². The van der Waals surface area contributed by atoms with Gasteiger partial charge in [0, 0.05) is 17.8 Å². The van der Waals surface area contributed by atoms with Crippen LogP contribution >= 0.6 is 23.7 Å². The summed E-state index contributed by atoms with van der Waals surface area (Å²) < 4.78 is 1.35. The van der Waals surface area contributed by atoms with Gasteiger partial charge in [-0.05, 0) is 46.0 Å². The number of fused-ring (bicyclic) bond motifs is 1. The lowest BCUT2D eigenvalue weighted by Gasteiger charge is -2.20. The number of halogens is 1. The number of thiophene rings is 1. The first-order valence-corrected chi connectivity index (χ1v) is 8.17. The molecule has 0 saturated heterocycles. The molecule has 0 fully saturated rings. The highest BCUT2D eigenvalue weighted by molar-refractivity contribution is 7.17. The van der Waals surface area contributed by atoms with Gasteiger partial charge in [-0.2, -0.15) is 0 Å². The third-order valence-corrected chi connectivity index (χ3v) is 4.79. The van der Waals surface area contributed by atoms with Gasteiger partial charge in [-0.3, -0.25) is 4.90 Å². The predicted molar refractivity (Wildman–Crippen MR) is 95.8 cm³/mol. The first kappa shape index (κ1) is 18.4. The van der Waals surface area contributed by atoms with Crippen LogP contribution in [0.25, 0.3) is 10.1 Å². The Hall–Kier alpha value is -0.610. The van der Waals surface area contributed by atoms with Gasteiger partial charge >= 0.3 is 0 Å². The van der Waals surface area contributed by atoms with Crippen molar-refractivity contribution in [2.24, 2.45) is 0 Å². The minimum atomic E-state index is 0. The lowest BCUT2D eigenvalue weighted by atomic mass is 9.86. The van der Waals surface area contributed by atoms with Gasteiger partial charge in [0.25, 0.3) is 0 Å². The van der Waals surface area contributed by atoms with Crippen LogP contribution in [-0.2, 0) is 12.0 Å². The number of aliphatic hydroxyl groups is 1. The molecule has 1 heterocycles. The Morgan fingerprint density at radius 3 is 2.52 bits per heavy atom. The molecule has 0 bridgehead atoms. The number of aliphatic hydroxyl groups excluding tert-OH is 1. The first-order valence-electron chi connectivity index (χ1n) is 7.29. The van der Waals surface area contributed by atoms with Crippen molar-refractivity contribution in [3.8, 4) is 0 Å². The smallest absolute Gasteiger partial charge is 0.0558 e. The predicted octanol–water partition coefficient (Wildman–Crippen LogP) is 4.43. The fourth-order valence-electron chi connectivity index (χ4n) is 2.40. The van der Waals surface area contributed by atoms with Gasteiger partial charge in [0.05, 0.1) is 6.61 Å². The van der Waals surface area contributed by atoms with E-state index in [-0.39, 0.29) is 24.4 Å². The summed E-state index contributed by atoms with van der Waals surface area (Å²) in [6, 6.07) is 6.83. The quantitative estimate of drug-likeness (QED) is 0.877. The maximum Gasteiger partial charge on any atom is 0.0558 e. The third-order valence-electron chi connectivity index (χ3n) is 3.78. The summed E-state index contributed by atoms with van der Waals surface area (Å²) in [6.07, 6.45) is 0. The maximum absolute atomic E-state index is 9.12. The van der Waals surface area contributed by atoms with Crippen LogP contribution in [0.15, 0.2) is 23.6 Å². The van der Waals surface area contributed by atoms with Crippen LogP contribution in [0.5, 0.6) is 0 Å². The van der Waals surface area contributed by atoms with Crippen LogP contribution in [0.1, 0.15) is 38.8 Å². The first-order chi connectivity index (χ1) is 9.45. The van der Waals surface area contributed by atoms with E-state index in [1.165, 1.54) is 21.2 Å². The molecule has 0 radical (unpaired) electrons. The lowest BCUT2D eigenvalue weighted by molar-refractivity contribution is 0.197. The van der Waals surface area contributed by atoms with Gasteiger partial charge in [-0.25, -0.2) is 0 Å². The Bertz CT molecular complexity index is 574. The minimum absolute atomic E-state index is 0. The summed E-state index contributed by atoms with van der Waals surface area (Å²) in [7, 11) is 0. The highest BCUT2D eigenvalue weighted by atomic mass is 35.5. The molecule has 2 nitrogen and oxygen atoms in total. The number of hydrogen-bond acceptors (Lipinski definition) is 3. The average molecular weight is 328 g/mol. The molecule has 0 aliphatic carbocycles. The SMILES string of the molecule is CCN(CCO)Cc1csc2ccc(C(C)(C)C)cc12.Cl. The number of likely N-dealkylation sites (N-methyl/N-ethyl adjacent to an activating group) is 1. The van der Waals surface area contributed by atoms with Crippen molar-refractivity contribution in [3.05, 3.63) is 34.7 Å². The molecule has 2 rings (SSSR count). The molecule has 0 spiro atoms. The summed E-state index contributed by atoms with van der Waals surface area (Å²) in [4.78, 5) is 2.28. The summed E-state index contributed by atoms with van der Waals surface area (Å²) in [5.74, 6) is 0. The second-order valence-electron chi connectivity index (χ2n) is 6.31. The van der Waals surface area contributed by atoms with Crippen molar-refractivity contribution in [2.45, 2.75) is 39.7 Å². The van der Waals surface area contributed by atoms with Crippen molar-refractivity contribution in [2.75, 3.05) is 19.7 Å². The van der Waals surface area contributed by atoms with E-state index in [2.05, 4.69) is 56.2 Å². The van der Waals surface area contributed by atoms with Crippen LogP contribution in [0, 0.1) is 0 Å². The molecular formula is C17H26ClNOS. The number of benzene rings is 1. The Kier molecular flexibility index (Phi) is 6.67. The van der Waals surface area contributed by atoms with Gasteiger partial charge in [-0.15, -0.1) is 23.7 Å². The lowest BCUT2D eigenvalue weighted by Crippen LogP contribution is -2.25. The van der Waals surface area contributed by atoms with Crippen LogP contribution < -0.4 is 0 Å². The molecule has 0 aliphatic rings. The molecule has 0 unspecified atom stereocenters. The standard InChI is InChI=1S/C17H25NOS.ClH/c1-5-18(8-9-19)11-13-12-20-16-7-6-14(10-15(13)16)17(2,3)4;/h6-7,10,12,19H,5,8-9,11H2,1-4H3;1H. The second kappa shape index (κ2) is 7.59. The van der Waals surface area contributed by atoms with Gasteiger partial charge in [0.2, 0.25) is 0 Å². The molecule has 118 valence electrons. The van der Waals surface area contributed by atoms with E-state index in [1.807, 2.05) is 11.3 Å². The Labute approximate surface area is 138 Å². The van der Waals surface area contributed by atoms with E-state index in [4.69, 9.17) is 5.11 Å². The third kappa shape index (κ3) is 4.43. The summed E-state index contributed by atoms with van der Waals surface area (Å²) >= 11 is 1.81. The van der Waals surface area contributed by atoms with Crippen molar-refractivity contribution in [3.63, 3.8) is 0 Å². The molecule has 1 N–H and O–H groups in total. The van der Waals surface area contributed by atoms with E-state index >= 15 is 0 Å². The minimum Gasteiger partial charge on any atom is -0.395 e. The highest BCUT2D eigenvalue weighted by Crippen LogP contribution is 2.32. The molecule has 2 aromatic rings.